The van der Waals surface area contributed by atoms with Crippen molar-refractivity contribution in [1.29, 1.82) is 0 Å². The number of aryl methyl sites for hydroxylation is 1. The SMILES string of the molecule is Cc1cnc(=O)n(CCNCCCC(C)C)c1. The van der Waals surface area contributed by atoms with Crippen molar-refractivity contribution in [2.24, 2.45) is 5.92 Å². The zero-order valence-electron chi connectivity index (χ0n) is 11.1. The Hall–Kier alpha value is -1.16. The maximum Gasteiger partial charge on any atom is 0.347 e. The maximum absolute atomic E-state index is 11.4. The van der Waals surface area contributed by atoms with Gasteiger partial charge >= 0.3 is 5.69 Å². The Bertz CT molecular complexity index is 384. The first-order valence-corrected chi connectivity index (χ1v) is 6.33. The fraction of sp³-hybridized carbons (Fsp3) is 0.692. The minimum Gasteiger partial charge on any atom is -0.315 e. The summed E-state index contributed by atoms with van der Waals surface area (Å²) in [5.74, 6) is 0.764. The molecule has 0 spiro atoms. The van der Waals surface area contributed by atoms with E-state index in [1.165, 1.54) is 12.8 Å². The van der Waals surface area contributed by atoms with Gasteiger partial charge in [-0.3, -0.25) is 4.57 Å². The minimum absolute atomic E-state index is 0.167. The van der Waals surface area contributed by atoms with Gasteiger partial charge in [0.2, 0.25) is 0 Å². The van der Waals surface area contributed by atoms with Gasteiger partial charge in [-0.05, 0) is 37.8 Å². The maximum atomic E-state index is 11.4. The highest BCUT2D eigenvalue weighted by molar-refractivity contribution is 4.99. The summed E-state index contributed by atoms with van der Waals surface area (Å²) < 4.78 is 1.66. The molecule has 17 heavy (non-hydrogen) atoms. The highest BCUT2D eigenvalue weighted by Crippen LogP contribution is 2.01. The fourth-order valence-electron chi connectivity index (χ4n) is 1.69. The van der Waals surface area contributed by atoms with Gasteiger partial charge < -0.3 is 5.32 Å². The molecular weight excluding hydrogens is 214 g/mol. The lowest BCUT2D eigenvalue weighted by Gasteiger charge is -2.08. The van der Waals surface area contributed by atoms with Crippen LogP contribution in [0.25, 0.3) is 0 Å². The summed E-state index contributed by atoms with van der Waals surface area (Å²) in [5, 5.41) is 3.35. The number of nitrogens with zero attached hydrogens (tertiary/aromatic N) is 2. The van der Waals surface area contributed by atoms with E-state index in [0.717, 1.165) is 24.6 Å². The lowest BCUT2D eigenvalue weighted by Crippen LogP contribution is -2.28. The first kappa shape index (κ1) is 13.9. The third kappa shape index (κ3) is 5.63. The summed E-state index contributed by atoms with van der Waals surface area (Å²) in [5.41, 5.74) is 0.851. The van der Waals surface area contributed by atoms with Gasteiger partial charge in [-0.25, -0.2) is 9.78 Å². The topological polar surface area (TPSA) is 46.9 Å². The lowest BCUT2D eigenvalue weighted by molar-refractivity contribution is 0.510. The standard InChI is InChI=1S/C13H23N3O/c1-11(2)5-4-6-14-7-8-16-10-12(3)9-15-13(16)17/h9-11,14H,4-8H2,1-3H3. The molecule has 0 bridgehead atoms. The van der Waals surface area contributed by atoms with Gasteiger partial charge in [0.05, 0.1) is 0 Å². The molecule has 0 amide bonds. The first-order valence-electron chi connectivity index (χ1n) is 6.33. The van der Waals surface area contributed by atoms with E-state index in [-0.39, 0.29) is 5.69 Å². The van der Waals surface area contributed by atoms with Gasteiger partial charge in [0.15, 0.2) is 0 Å². The summed E-state index contributed by atoms with van der Waals surface area (Å²) >= 11 is 0. The van der Waals surface area contributed by atoms with E-state index in [1.54, 1.807) is 10.8 Å². The van der Waals surface area contributed by atoms with Crippen LogP contribution in [0.3, 0.4) is 0 Å². The van der Waals surface area contributed by atoms with Gasteiger partial charge in [-0.1, -0.05) is 13.8 Å². The average molecular weight is 237 g/mol. The molecule has 0 saturated carbocycles. The second-order valence-electron chi connectivity index (χ2n) is 4.89. The van der Waals surface area contributed by atoms with Crippen molar-refractivity contribution in [2.45, 2.75) is 40.2 Å². The van der Waals surface area contributed by atoms with E-state index >= 15 is 0 Å². The Kier molecular flexibility index (Phi) is 5.91. The lowest BCUT2D eigenvalue weighted by atomic mass is 10.1. The van der Waals surface area contributed by atoms with Crippen LogP contribution in [0.4, 0.5) is 0 Å². The van der Waals surface area contributed by atoms with Crippen LogP contribution in [0.1, 0.15) is 32.3 Å². The van der Waals surface area contributed by atoms with E-state index in [1.807, 2.05) is 13.1 Å². The van der Waals surface area contributed by atoms with Gasteiger partial charge in [-0.2, -0.15) is 0 Å². The molecule has 0 fully saturated rings. The van der Waals surface area contributed by atoms with Crippen molar-refractivity contribution in [3.63, 3.8) is 0 Å². The highest BCUT2D eigenvalue weighted by atomic mass is 16.1. The van der Waals surface area contributed by atoms with Crippen LogP contribution in [-0.2, 0) is 6.54 Å². The van der Waals surface area contributed by atoms with Crippen molar-refractivity contribution in [2.75, 3.05) is 13.1 Å². The van der Waals surface area contributed by atoms with Crippen LogP contribution >= 0.6 is 0 Å². The van der Waals surface area contributed by atoms with Crippen LogP contribution < -0.4 is 11.0 Å². The molecule has 0 saturated heterocycles. The largest absolute Gasteiger partial charge is 0.347 e. The quantitative estimate of drug-likeness (QED) is 0.732. The summed E-state index contributed by atoms with van der Waals surface area (Å²) in [4.78, 5) is 15.2. The molecule has 1 aromatic heterocycles. The minimum atomic E-state index is -0.167. The summed E-state index contributed by atoms with van der Waals surface area (Å²) in [7, 11) is 0. The van der Waals surface area contributed by atoms with Crippen LogP contribution in [-0.4, -0.2) is 22.6 Å². The van der Waals surface area contributed by atoms with Gasteiger partial charge in [0.1, 0.15) is 0 Å². The molecule has 0 aromatic carbocycles. The molecule has 1 rings (SSSR count). The molecule has 0 aliphatic rings. The Morgan fingerprint density at radius 1 is 1.41 bits per heavy atom. The van der Waals surface area contributed by atoms with Crippen LogP contribution in [0.5, 0.6) is 0 Å². The van der Waals surface area contributed by atoms with Crippen molar-refractivity contribution < 1.29 is 0 Å². The Morgan fingerprint density at radius 2 is 2.18 bits per heavy atom. The van der Waals surface area contributed by atoms with Crippen molar-refractivity contribution in [1.82, 2.24) is 14.9 Å². The summed E-state index contributed by atoms with van der Waals surface area (Å²) in [6, 6.07) is 0. The predicted octanol–water partition coefficient (Wildman–Crippen LogP) is 1.58. The van der Waals surface area contributed by atoms with Gasteiger partial charge in [0.25, 0.3) is 0 Å². The number of nitrogens with one attached hydrogen (secondary N) is 1. The molecule has 0 radical (unpaired) electrons. The first-order chi connectivity index (χ1) is 8.09. The summed E-state index contributed by atoms with van der Waals surface area (Å²) in [6.45, 7) is 8.94. The van der Waals surface area contributed by atoms with Gasteiger partial charge in [-0.15, -0.1) is 0 Å². The smallest absolute Gasteiger partial charge is 0.315 e. The van der Waals surface area contributed by atoms with Gasteiger partial charge in [0, 0.05) is 25.5 Å². The number of hydrogen-bond donors (Lipinski definition) is 1. The van der Waals surface area contributed by atoms with Crippen molar-refractivity contribution in [3.05, 3.63) is 28.4 Å². The molecule has 1 heterocycles. The van der Waals surface area contributed by atoms with E-state index in [9.17, 15) is 4.79 Å². The Labute approximate surface area is 103 Å². The number of rotatable bonds is 7. The third-order valence-electron chi connectivity index (χ3n) is 2.65. The van der Waals surface area contributed by atoms with E-state index in [2.05, 4.69) is 24.1 Å². The zero-order chi connectivity index (χ0) is 12.7. The molecule has 0 atom stereocenters. The summed E-state index contributed by atoms with van der Waals surface area (Å²) in [6.07, 6.45) is 5.90. The van der Waals surface area contributed by atoms with Crippen molar-refractivity contribution >= 4 is 0 Å². The molecule has 0 aliphatic carbocycles. The van der Waals surface area contributed by atoms with E-state index < -0.39 is 0 Å². The average Bonchev–Trinajstić information content (AvgIpc) is 2.27. The number of hydrogen-bond acceptors (Lipinski definition) is 3. The van der Waals surface area contributed by atoms with Crippen LogP contribution in [0, 0.1) is 12.8 Å². The normalized spacial score (nSPS) is 11.1. The number of aromatic nitrogens is 2. The molecule has 4 nitrogen and oxygen atoms in total. The molecule has 0 unspecified atom stereocenters. The van der Waals surface area contributed by atoms with E-state index in [4.69, 9.17) is 0 Å². The third-order valence-corrected chi connectivity index (χ3v) is 2.65. The Balaban J connectivity index is 2.22. The highest BCUT2D eigenvalue weighted by Gasteiger charge is 1.97. The second kappa shape index (κ2) is 7.22. The predicted molar refractivity (Wildman–Crippen MR) is 70.2 cm³/mol. The van der Waals surface area contributed by atoms with E-state index in [0.29, 0.717) is 6.54 Å². The second-order valence-corrected chi connectivity index (χ2v) is 4.89. The van der Waals surface area contributed by atoms with Crippen LogP contribution in [0.15, 0.2) is 17.2 Å². The molecule has 1 N–H and O–H groups in total. The van der Waals surface area contributed by atoms with Crippen molar-refractivity contribution in [3.8, 4) is 0 Å². The molecule has 4 heteroatoms. The Morgan fingerprint density at radius 3 is 2.88 bits per heavy atom. The monoisotopic (exact) mass is 237 g/mol. The molecule has 0 aliphatic heterocycles. The molecular formula is C13H23N3O. The fourth-order valence-corrected chi connectivity index (χ4v) is 1.69. The molecule has 1 aromatic rings. The zero-order valence-corrected chi connectivity index (χ0v) is 11.1. The van der Waals surface area contributed by atoms with Crippen LogP contribution in [0.2, 0.25) is 0 Å². The molecule has 96 valence electrons.